The molecule has 0 spiro atoms. The number of carboxylic acid groups (broad SMARTS) is 1. The smallest absolute Gasteiger partial charge is 0.332 e. The molecule has 0 aliphatic heterocycles. The Hall–Kier alpha value is -2.47. The third-order valence-electron chi connectivity index (χ3n) is 2.59. The molecule has 1 aromatic heterocycles. The van der Waals surface area contributed by atoms with Gasteiger partial charge in [-0.2, -0.15) is 5.10 Å². The molecule has 6 heteroatoms. The van der Waals surface area contributed by atoms with Crippen molar-refractivity contribution in [2.45, 2.75) is 12.5 Å². The van der Waals surface area contributed by atoms with Crippen molar-refractivity contribution in [2.24, 2.45) is 0 Å². The number of carbonyl (C=O) groups excluding carboxylic acids is 1. The number of para-hydroxylation sites is 1. The summed E-state index contributed by atoms with van der Waals surface area (Å²) in [5.41, 5.74) is 0.937. The van der Waals surface area contributed by atoms with Crippen LogP contribution in [0.25, 0.3) is 5.69 Å². The summed E-state index contributed by atoms with van der Waals surface area (Å²) in [7, 11) is 0. The number of aromatic nitrogens is 2. The molecular weight excluding hydrogens is 248 g/mol. The molecule has 0 fully saturated rings. The first kappa shape index (κ1) is 13.0. The van der Waals surface area contributed by atoms with Gasteiger partial charge < -0.3 is 10.2 Å². The molecule has 0 saturated carbocycles. The number of Topliss-reactive ketones (excluding diaryl/α,β-unsaturated/α-hetero) is 1. The number of aliphatic carboxylic acids is 1. The van der Waals surface area contributed by atoms with Crippen LogP contribution < -0.4 is 0 Å². The van der Waals surface area contributed by atoms with Gasteiger partial charge in [0.25, 0.3) is 0 Å². The molecule has 1 heterocycles. The molecule has 1 aromatic carbocycles. The lowest BCUT2D eigenvalue weighted by Crippen LogP contribution is -2.24. The van der Waals surface area contributed by atoms with Gasteiger partial charge in [-0.25, -0.2) is 9.48 Å². The van der Waals surface area contributed by atoms with Crippen LogP contribution in [0.5, 0.6) is 0 Å². The van der Waals surface area contributed by atoms with Crippen molar-refractivity contribution >= 4 is 11.8 Å². The summed E-state index contributed by atoms with van der Waals surface area (Å²) < 4.78 is 1.41. The summed E-state index contributed by atoms with van der Waals surface area (Å²) in [5, 5.41) is 21.8. The molecule has 2 rings (SSSR count). The molecule has 6 nitrogen and oxygen atoms in total. The van der Waals surface area contributed by atoms with Crippen molar-refractivity contribution < 1.29 is 19.8 Å². The van der Waals surface area contributed by atoms with Crippen LogP contribution in [0.2, 0.25) is 0 Å². The highest BCUT2D eigenvalue weighted by molar-refractivity contribution is 5.97. The molecule has 1 atom stereocenters. The van der Waals surface area contributed by atoms with E-state index in [-0.39, 0.29) is 5.69 Å². The fraction of sp³-hybridized carbons (Fsp3) is 0.154. The largest absolute Gasteiger partial charge is 0.479 e. The number of aliphatic hydroxyl groups excluding tert-OH is 1. The average Bonchev–Trinajstić information content (AvgIpc) is 2.88. The van der Waals surface area contributed by atoms with Crippen molar-refractivity contribution in [2.75, 3.05) is 0 Å². The quantitative estimate of drug-likeness (QED) is 0.779. The molecule has 2 aromatic rings. The number of hydrogen-bond donors (Lipinski definition) is 2. The number of ketones is 1. The second-order valence-electron chi connectivity index (χ2n) is 3.95. The Labute approximate surface area is 108 Å². The Bertz CT molecular complexity index is 592. The number of aliphatic hydroxyl groups is 1. The van der Waals surface area contributed by atoms with Gasteiger partial charge in [0.15, 0.2) is 11.9 Å². The number of hydrogen-bond acceptors (Lipinski definition) is 4. The molecule has 19 heavy (non-hydrogen) atoms. The molecule has 0 amide bonds. The van der Waals surface area contributed by atoms with E-state index in [4.69, 9.17) is 5.11 Å². The van der Waals surface area contributed by atoms with Gasteiger partial charge in [0, 0.05) is 6.42 Å². The fourth-order valence-corrected chi connectivity index (χ4v) is 1.66. The third kappa shape index (κ3) is 2.86. The molecule has 0 aliphatic rings. The van der Waals surface area contributed by atoms with E-state index in [0.717, 1.165) is 0 Å². The maximum Gasteiger partial charge on any atom is 0.332 e. The van der Waals surface area contributed by atoms with Crippen LogP contribution in [-0.2, 0) is 4.79 Å². The van der Waals surface area contributed by atoms with Crippen molar-refractivity contribution in [1.82, 2.24) is 9.78 Å². The zero-order chi connectivity index (χ0) is 13.8. The van der Waals surface area contributed by atoms with Crippen LogP contribution in [0.15, 0.2) is 42.6 Å². The second kappa shape index (κ2) is 5.45. The van der Waals surface area contributed by atoms with E-state index >= 15 is 0 Å². The van der Waals surface area contributed by atoms with E-state index in [1.165, 1.54) is 16.9 Å². The summed E-state index contributed by atoms with van der Waals surface area (Å²) in [6.45, 7) is 0. The second-order valence-corrected chi connectivity index (χ2v) is 3.95. The van der Waals surface area contributed by atoms with Gasteiger partial charge in [0.1, 0.15) is 5.69 Å². The molecule has 98 valence electrons. The number of carboxylic acids is 1. The number of rotatable bonds is 5. The van der Waals surface area contributed by atoms with Crippen LogP contribution in [0.3, 0.4) is 0 Å². The minimum absolute atomic E-state index is 0.242. The van der Waals surface area contributed by atoms with Crippen molar-refractivity contribution in [3.8, 4) is 5.69 Å². The zero-order valence-electron chi connectivity index (χ0n) is 9.93. The third-order valence-corrected chi connectivity index (χ3v) is 2.59. The molecule has 1 unspecified atom stereocenters. The first-order chi connectivity index (χ1) is 9.09. The fourth-order valence-electron chi connectivity index (χ4n) is 1.66. The highest BCUT2D eigenvalue weighted by atomic mass is 16.4. The summed E-state index contributed by atoms with van der Waals surface area (Å²) in [5.74, 6) is -1.89. The first-order valence-electron chi connectivity index (χ1n) is 5.63. The van der Waals surface area contributed by atoms with E-state index in [0.29, 0.717) is 5.69 Å². The van der Waals surface area contributed by atoms with E-state index in [1.54, 1.807) is 24.3 Å². The SMILES string of the molecule is O=C(CC(O)C(=O)O)c1ccnn1-c1ccccc1. The van der Waals surface area contributed by atoms with Crippen LogP contribution >= 0.6 is 0 Å². The Balaban J connectivity index is 2.25. The summed E-state index contributed by atoms with van der Waals surface area (Å²) in [4.78, 5) is 22.5. The summed E-state index contributed by atoms with van der Waals surface area (Å²) in [6.07, 6.45) is -0.729. The van der Waals surface area contributed by atoms with E-state index in [2.05, 4.69) is 5.10 Å². The van der Waals surface area contributed by atoms with Gasteiger partial charge in [0.2, 0.25) is 0 Å². The Morgan fingerprint density at radius 1 is 1.21 bits per heavy atom. The van der Waals surface area contributed by atoms with Gasteiger partial charge in [-0.3, -0.25) is 4.79 Å². The number of benzene rings is 1. The molecule has 0 bridgehead atoms. The van der Waals surface area contributed by atoms with Gasteiger partial charge in [-0.05, 0) is 18.2 Å². The Morgan fingerprint density at radius 2 is 1.89 bits per heavy atom. The maximum atomic E-state index is 11.9. The van der Waals surface area contributed by atoms with E-state index < -0.39 is 24.3 Å². The van der Waals surface area contributed by atoms with E-state index in [1.807, 2.05) is 6.07 Å². The molecule has 0 aliphatic carbocycles. The van der Waals surface area contributed by atoms with Gasteiger partial charge >= 0.3 is 5.97 Å². The predicted octanol–water partition coefficient (Wildman–Crippen LogP) is 0.891. The minimum Gasteiger partial charge on any atom is -0.479 e. The summed E-state index contributed by atoms with van der Waals surface area (Å²) in [6, 6.07) is 10.5. The van der Waals surface area contributed by atoms with Crippen LogP contribution in [0, 0.1) is 0 Å². The first-order valence-corrected chi connectivity index (χ1v) is 5.63. The standard InChI is InChI=1S/C13H12N2O4/c16-11(8-12(17)13(18)19)10-6-7-14-15(10)9-4-2-1-3-5-9/h1-7,12,17H,8H2,(H,18,19). The van der Waals surface area contributed by atoms with Crippen molar-refractivity contribution in [1.29, 1.82) is 0 Å². The number of nitrogens with zero attached hydrogens (tertiary/aromatic N) is 2. The lowest BCUT2D eigenvalue weighted by molar-refractivity contribution is -0.146. The summed E-state index contributed by atoms with van der Waals surface area (Å²) >= 11 is 0. The van der Waals surface area contributed by atoms with E-state index in [9.17, 15) is 14.7 Å². The maximum absolute atomic E-state index is 11.9. The lowest BCUT2D eigenvalue weighted by Gasteiger charge is -2.08. The highest BCUT2D eigenvalue weighted by Gasteiger charge is 2.21. The Morgan fingerprint density at radius 3 is 2.53 bits per heavy atom. The number of carbonyl (C=O) groups is 2. The van der Waals surface area contributed by atoms with Crippen LogP contribution in [-0.4, -0.2) is 37.9 Å². The minimum atomic E-state index is -1.70. The monoisotopic (exact) mass is 260 g/mol. The lowest BCUT2D eigenvalue weighted by atomic mass is 10.1. The molecule has 0 saturated heterocycles. The van der Waals surface area contributed by atoms with Crippen LogP contribution in [0.4, 0.5) is 0 Å². The van der Waals surface area contributed by atoms with Gasteiger partial charge in [0.05, 0.1) is 11.9 Å². The van der Waals surface area contributed by atoms with Crippen molar-refractivity contribution in [3.63, 3.8) is 0 Å². The van der Waals surface area contributed by atoms with Crippen LogP contribution in [0.1, 0.15) is 16.9 Å². The molecule has 0 radical (unpaired) electrons. The predicted molar refractivity (Wildman–Crippen MR) is 66.2 cm³/mol. The Kier molecular flexibility index (Phi) is 3.72. The molecular formula is C13H12N2O4. The zero-order valence-corrected chi connectivity index (χ0v) is 9.93. The molecule has 2 N–H and O–H groups in total. The van der Waals surface area contributed by atoms with Gasteiger partial charge in [-0.15, -0.1) is 0 Å². The normalized spacial score (nSPS) is 12.1. The van der Waals surface area contributed by atoms with Gasteiger partial charge in [-0.1, -0.05) is 18.2 Å². The highest BCUT2D eigenvalue weighted by Crippen LogP contribution is 2.12. The van der Waals surface area contributed by atoms with Crippen molar-refractivity contribution in [3.05, 3.63) is 48.3 Å². The topological polar surface area (TPSA) is 92.4 Å². The average molecular weight is 260 g/mol.